The van der Waals surface area contributed by atoms with Crippen molar-refractivity contribution in [2.45, 2.75) is 29.9 Å². The summed E-state index contributed by atoms with van der Waals surface area (Å²) < 4.78 is 22.5. The summed E-state index contributed by atoms with van der Waals surface area (Å²) >= 11 is 0. The minimum atomic E-state index is -3.40. The normalized spacial score (nSPS) is 31.1. The van der Waals surface area contributed by atoms with Gasteiger partial charge in [-0.2, -0.15) is 0 Å². The summed E-state index contributed by atoms with van der Waals surface area (Å²) in [5.41, 5.74) is 1.25. The van der Waals surface area contributed by atoms with E-state index in [1.54, 1.807) is 0 Å². The van der Waals surface area contributed by atoms with E-state index in [1.807, 2.05) is 18.2 Å². The predicted octanol–water partition coefficient (Wildman–Crippen LogP) is 2.89. The highest BCUT2D eigenvalue weighted by atomic mass is 35.7. The Labute approximate surface area is 100 Å². The molecule has 0 aliphatic heterocycles. The van der Waals surface area contributed by atoms with Crippen LogP contribution in [0.25, 0.3) is 0 Å². The highest BCUT2D eigenvalue weighted by Gasteiger charge is 2.66. The molecule has 2 aliphatic carbocycles. The van der Waals surface area contributed by atoms with Crippen LogP contribution in [0.15, 0.2) is 30.3 Å². The molecule has 0 N–H and O–H groups in total. The fraction of sp³-hybridized carbons (Fsp3) is 0.500. The number of rotatable bonds is 3. The van der Waals surface area contributed by atoms with E-state index < -0.39 is 13.8 Å². The topological polar surface area (TPSA) is 34.1 Å². The standard InChI is InChI=1S/C12H13ClO2S/c13-16(14,15)12(6-7-12)11-8-10(11)9-4-2-1-3-5-9/h1-5,10-11H,6-8H2. The van der Waals surface area contributed by atoms with Gasteiger partial charge < -0.3 is 0 Å². The molecule has 2 saturated carbocycles. The Bertz CT molecular complexity index is 505. The molecule has 3 rings (SSSR count). The van der Waals surface area contributed by atoms with Gasteiger partial charge in [0, 0.05) is 10.7 Å². The molecule has 1 aromatic rings. The van der Waals surface area contributed by atoms with Crippen molar-refractivity contribution < 1.29 is 8.42 Å². The van der Waals surface area contributed by atoms with Gasteiger partial charge in [0.25, 0.3) is 0 Å². The lowest BCUT2D eigenvalue weighted by Crippen LogP contribution is -2.21. The summed E-state index contributed by atoms with van der Waals surface area (Å²) in [6.45, 7) is 0. The molecule has 0 saturated heterocycles. The summed E-state index contributed by atoms with van der Waals surface area (Å²) in [6, 6.07) is 10.1. The third kappa shape index (κ3) is 1.49. The molecule has 0 radical (unpaired) electrons. The first-order valence-electron chi connectivity index (χ1n) is 5.54. The third-order valence-electron chi connectivity index (χ3n) is 3.92. The van der Waals surface area contributed by atoms with Crippen LogP contribution in [0.2, 0.25) is 0 Å². The Hall–Kier alpha value is -0.540. The molecular weight excluding hydrogens is 244 g/mol. The van der Waals surface area contributed by atoms with Gasteiger partial charge >= 0.3 is 0 Å². The van der Waals surface area contributed by atoms with E-state index in [2.05, 4.69) is 12.1 Å². The number of benzene rings is 1. The zero-order valence-corrected chi connectivity index (χ0v) is 10.3. The van der Waals surface area contributed by atoms with Crippen molar-refractivity contribution in [3.05, 3.63) is 35.9 Å². The fourth-order valence-corrected chi connectivity index (χ4v) is 4.78. The second kappa shape index (κ2) is 3.23. The van der Waals surface area contributed by atoms with Crippen LogP contribution in [-0.2, 0) is 9.05 Å². The maximum absolute atomic E-state index is 11.5. The quantitative estimate of drug-likeness (QED) is 0.780. The molecule has 0 aromatic heterocycles. The summed E-state index contributed by atoms with van der Waals surface area (Å²) in [4.78, 5) is 0. The first-order chi connectivity index (χ1) is 7.55. The summed E-state index contributed by atoms with van der Waals surface area (Å²) in [6.07, 6.45) is 2.45. The highest BCUT2D eigenvalue weighted by Crippen LogP contribution is 2.66. The number of hydrogen-bond acceptors (Lipinski definition) is 2. The van der Waals surface area contributed by atoms with Crippen molar-refractivity contribution >= 4 is 19.7 Å². The summed E-state index contributed by atoms with van der Waals surface area (Å²) in [5.74, 6) is 0.648. The van der Waals surface area contributed by atoms with Gasteiger partial charge in [0.1, 0.15) is 0 Å². The molecule has 0 bridgehead atoms. The number of halogens is 1. The van der Waals surface area contributed by atoms with Crippen LogP contribution in [0.3, 0.4) is 0 Å². The third-order valence-corrected chi connectivity index (χ3v) is 6.53. The maximum Gasteiger partial charge on any atom is 0.238 e. The molecular formula is C12H13ClO2S. The molecule has 2 fully saturated rings. The molecule has 2 nitrogen and oxygen atoms in total. The van der Waals surface area contributed by atoms with Crippen LogP contribution in [0, 0.1) is 5.92 Å². The van der Waals surface area contributed by atoms with Gasteiger partial charge in [-0.05, 0) is 36.7 Å². The predicted molar refractivity (Wildman–Crippen MR) is 64.0 cm³/mol. The maximum atomic E-state index is 11.5. The van der Waals surface area contributed by atoms with Gasteiger partial charge in [-0.1, -0.05) is 30.3 Å². The van der Waals surface area contributed by atoms with Crippen LogP contribution in [0.5, 0.6) is 0 Å². The lowest BCUT2D eigenvalue weighted by atomic mass is 10.1. The van der Waals surface area contributed by atoms with Gasteiger partial charge in [-0.25, -0.2) is 8.42 Å². The average molecular weight is 257 g/mol. The van der Waals surface area contributed by atoms with Crippen molar-refractivity contribution in [3.63, 3.8) is 0 Å². The molecule has 2 aliphatic rings. The largest absolute Gasteiger partial charge is 0.238 e. The van der Waals surface area contributed by atoms with Crippen LogP contribution < -0.4 is 0 Å². The molecule has 2 atom stereocenters. The Kier molecular flexibility index (Phi) is 2.14. The van der Waals surface area contributed by atoms with E-state index in [4.69, 9.17) is 10.7 Å². The Balaban J connectivity index is 1.83. The van der Waals surface area contributed by atoms with Crippen LogP contribution in [0.1, 0.15) is 30.7 Å². The van der Waals surface area contributed by atoms with Gasteiger partial charge in [-0.3, -0.25) is 0 Å². The zero-order chi connectivity index (χ0) is 11.4. The van der Waals surface area contributed by atoms with Gasteiger partial charge in [-0.15, -0.1) is 0 Å². The van der Waals surface area contributed by atoms with Crippen molar-refractivity contribution in [2.75, 3.05) is 0 Å². The van der Waals surface area contributed by atoms with Crippen molar-refractivity contribution in [1.29, 1.82) is 0 Å². The summed E-state index contributed by atoms with van der Waals surface area (Å²) in [5, 5.41) is 0. The van der Waals surface area contributed by atoms with Crippen LogP contribution in [0.4, 0.5) is 0 Å². The fourth-order valence-electron chi connectivity index (χ4n) is 2.76. The first kappa shape index (κ1) is 10.6. The minimum Gasteiger partial charge on any atom is -0.212 e. The molecule has 2 unspecified atom stereocenters. The number of hydrogen-bond donors (Lipinski definition) is 0. The van der Waals surface area contributed by atoms with Crippen molar-refractivity contribution in [3.8, 4) is 0 Å². The molecule has 1 aromatic carbocycles. The second-order valence-corrected chi connectivity index (χ2v) is 7.77. The summed E-state index contributed by atoms with van der Waals surface area (Å²) in [7, 11) is 2.15. The van der Waals surface area contributed by atoms with E-state index in [0.29, 0.717) is 5.92 Å². The minimum absolute atomic E-state index is 0.248. The lowest BCUT2D eigenvalue weighted by molar-refractivity contribution is 0.574. The van der Waals surface area contributed by atoms with Crippen molar-refractivity contribution in [1.82, 2.24) is 0 Å². The van der Waals surface area contributed by atoms with Crippen LogP contribution in [-0.4, -0.2) is 13.2 Å². The Morgan fingerprint density at radius 2 is 1.81 bits per heavy atom. The molecule has 86 valence electrons. The SMILES string of the molecule is O=S(=O)(Cl)C1(C2CC2c2ccccc2)CC1. The lowest BCUT2D eigenvalue weighted by Gasteiger charge is -2.10. The molecule has 0 spiro atoms. The van der Waals surface area contributed by atoms with Gasteiger partial charge in [0.05, 0.1) is 4.75 Å². The second-order valence-electron chi connectivity index (χ2n) is 4.86. The van der Waals surface area contributed by atoms with E-state index in [-0.39, 0.29) is 5.92 Å². The molecule has 0 heterocycles. The van der Waals surface area contributed by atoms with E-state index >= 15 is 0 Å². The highest BCUT2D eigenvalue weighted by molar-refractivity contribution is 8.15. The zero-order valence-electron chi connectivity index (χ0n) is 8.77. The van der Waals surface area contributed by atoms with Gasteiger partial charge in [0.2, 0.25) is 9.05 Å². The van der Waals surface area contributed by atoms with E-state index in [0.717, 1.165) is 19.3 Å². The monoisotopic (exact) mass is 256 g/mol. The molecule has 0 amide bonds. The van der Waals surface area contributed by atoms with E-state index in [9.17, 15) is 8.42 Å². The first-order valence-corrected chi connectivity index (χ1v) is 7.85. The Morgan fingerprint density at radius 3 is 2.31 bits per heavy atom. The average Bonchev–Trinajstić information content (AvgIpc) is 3.10. The van der Waals surface area contributed by atoms with Gasteiger partial charge in [0.15, 0.2) is 0 Å². The Morgan fingerprint density at radius 1 is 1.19 bits per heavy atom. The smallest absolute Gasteiger partial charge is 0.212 e. The van der Waals surface area contributed by atoms with E-state index in [1.165, 1.54) is 5.56 Å². The van der Waals surface area contributed by atoms with Crippen molar-refractivity contribution in [2.24, 2.45) is 5.92 Å². The van der Waals surface area contributed by atoms with Crippen LogP contribution >= 0.6 is 10.7 Å². The molecule has 16 heavy (non-hydrogen) atoms. The molecule has 4 heteroatoms.